The van der Waals surface area contributed by atoms with Gasteiger partial charge in [0.15, 0.2) is 0 Å². The molecule has 39 heavy (non-hydrogen) atoms. The average Bonchev–Trinajstić information content (AvgIpc) is 2.99. The minimum Gasteiger partial charge on any atom is -0.493 e. The largest absolute Gasteiger partial charge is 0.493 e. The molecule has 2 aromatic rings. The summed E-state index contributed by atoms with van der Waals surface area (Å²) in [6, 6.07) is 12.2. The van der Waals surface area contributed by atoms with Crippen molar-refractivity contribution in [3.63, 3.8) is 0 Å². The standard InChI is InChI=1S/C38H58O/c1-7-28(8-2)24-25-39-38-29(9-3)26-37(35(10-4)36(38)11-5)34-22-20-33(21-23-34)32-18-16-31(17-19-32)30-14-12-27(6)13-15-30/h20-23,26-28,30-32H,7-19,24-25H2,1-6H3. The zero-order chi connectivity index (χ0) is 27.8. The van der Waals surface area contributed by atoms with E-state index >= 15 is 0 Å². The number of ether oxygens (including phenoxy) is 1. The smallest absolute Gasteiger partial charge is 0.125 e. The number of hydrogen-bond donors (Lipinski definition) is 0. The van der Waals surface area contributed by atoms with Crippen LogP contribution in [0.4, 0.5) is 0 Å². The Labute approximate surface area is 241 Å². The fourth-order valence-corrected chi connectivity index (χ4v) is 7.94. The van der Waals surface area contributed by atoms with Gasteiger partial charge in [0.25, 0.3) is 0 Å². The van der Waals surface area contributed by atoms with Gasteiger partial charge in [0.2, 0.25) is 0 Å². The maximum Gasteiger partial charge on any atom is 0.125 e. The molecular formula is C38H58O. The molecule has 2 aliphatic carbocycles. The molecule has 0 aromatic heterocycles. The van der Waals surface area contributed by atoms with Crippen molar-refractivity contribution in [2.24, 2.45) is 23.7 Å². The van der Waals surface area contributed by atoms with Gasteiger partial charge in [-0.15, -0.1) is 0 Å². The van der Waals surface area contributed by atoms with Crippen LogP contribution in [0, 0.1) is 23.7 Å². The van der Waals surface area contributed by atoms with Gasteiger partial charge >= 0.3 is 0 Å². The van der Waals surface area contributed by atoms with Crippen molar-refractivity contribution in [2.45, 2.75) is 137 Å². The second-order valence-electron chi connectivity index (χ2n) is 13.0. The topological polar surface area (TPSA) is 9.23 Å². The Hall–Kier alpha value is -1.76. The second kappa shape index (κ2) is 14.7. The second-order valence-corrected chi connectivity index (χ2v) is 13.0. The molecule has 2 aliphatic rings. The van der Waals surface area contributed by atoms with Gasteiger partial charge in [-0.25, -0.2) is 0 Å². The number of hydrogen-bond acceptors (Lipinski definition) is 1. The van der Waals surface area contributed by atoms with E-state index in [4.69, 9.17) is 4.74 Å². The maximum atomic E-state index is 6.57. The SMILES string of the molecule is CCc1cc(-c2ccc(C3CCC(C4CCC(C)CC4)CC3)cc2)c(CC)c(CC)c1OCCC(CC)CC. The van der Waals surface area contributed by atoms with Crippen molar-refractivity contribution < 1.29 is 4.74 Å². The van der Waals surface area contributed by atoms with Crippen LogP contribution < -0.4 is 4.74 Å². The van der Waals surface area contributed by atoms with E-state index in [0.717, 1.165) is 61.9 Å². The molecule has 4 rings (SSSR count). The molecule has 0 bridgehead atoms. The molecule has 0 aliphatic heterocycles. The minimum atomic E-state index is 0.756. The summed E-state index contributed by atoms with van der Waals surface area (Å²) < 4.78 is 6.57. The third-order valence-electron chi connectivity index (χ3n) is 10.8. The van der Waals surface area contributed by atoms with Crippen LogP contribution in [0.2, 0.25) is 0 Å². The Morgan fingerprint density at radius 2 is 1.31 bits per heavy atom. The Kier molecular flexibility index (Phi) is 11.4. The summed E-state index contributed by atoms with van der Waals surface area (Å²) in [5, 5.41) is 0. The van der Waals surface area contributed by atoms with E-state index in [1.807, 2.05) is 0 Å². The summed E-state index contributed by atoms with van der Waals surface area (Å²) in [4.78, 5) is 0. The quantitative estimate of drug-likeness (QED) is 0.265. The van der Waals surface area contributed by atoms with Crippen LogP contribution in [-0.4, -0.2) is 6.61 Å². The first-order valence-electron chi connectivity index (χ1n) is 16.9. The summed E-state index contributed by atoms with van der Waals surface area (Å²) >= 11 is 0. The highest BCUT2D eigenvalue weighted by atomic mass is 16.5. The number of rotatable bonds is 12. The van der Waals surface area contributed by atoms with Crippen LogP contribution in [-0.2, 0) is 19.3 Å². The number of benzene rings is 2. The number of aryl methyl sites for hydroxylation is 1. The molecule has 1 heteroatoms. The Balaban J connectivity index is 1.47. The van der Waals surface area contributed by atoms with Crippen LogP contribution in [0.25, 0.3) is 11.1 Å². The van der Waals surface area contributed by atoms with Crippen molar-refractivity contribution in [1.82, 2.24) is 0 Å². The molecule has 2 aromatic carbocycles. The summed E-state index contributed by atoms with van der Waals surface area (Å²) in [6.45, 7) is 14.8. The highest BCUT2D eigenvalue weighted by Gasteiger charge is 2.30. The molecule has 0 atom stereocenters. The van der Waals surface area contributed by atoms with Crippen molar-refractivity contribution in [2.75, 3.05) is 6.61 Å². The van der Waals surface area contributed by atoms with E-state index in [1.54, 1.807) is 5.56 Å². The molecule has 2 fully saturated rings. The molecule has 0 unspecified atom stereocenters. The van der Waals surface area contributed by atoms with Gasteiger partial charge in [0.1, 0.15) is 5.75 Å². The van der Waals surface area contributed by atoms with Gasteiger partial charge in [0, 0.05) is 0 Å². The van der Waals surface area contributed by atoms with Gasteiger partial charge in [-0.05, 0) is 133 Å². The van der Waals surface area contributed by atoms with Crippen molar-refractivity contribution in [3.8, 4) is 16.9 Å². The lowest BCUT2D eigenvalue weighted by Crippen LogP contribution is -2.24. The fraction of sp³-hybridized carbons (Fsp3) is 0.684. The Morgan fingerprint density at radius 1 is 0.718 bits per heavy atom. The molecular weight excluding hydrogens is 472 g/mol. The third kappa shape index (κ3) is 7.31. The molecule has 0 saturated heterocycles. The van der Waals surface area contributed by atoms with Crippen LogP contribution in [0.3, 0.4) is 0 Å². The molecule has 0 radical (unpaired) electrons. The van der Waals surface area contributed by atoms with Gasteiger partial charge in [0.05, 0.1) is 6.61 Å². The van der Waals surface area contributed by atoms with Crippen molar-refractivity contribution >= 4 is 0 Å². The molecule has 0 N–H and O–H groups in total. The lowest BCUT2D eigenvalue weighted by Gasteiger charge is -2.37. The molecule has 216 valence electrons. The maximum absolute atomic E-state index is 6.57. The average molecular weight is 531 g/mol. The molecule has 0 heterocycles. The van der Waals surface area contributed by atoms with Crippen LogP contribution in [0.5, 0.6) is 5.75 Å². The van der Waals surface area contributed by atoms with Gasteiger partial charge in [-0.1, -0.05) is 91.5 Å². The molecule has 0 amide bonds. The summed E-state index contributed by atoms with van der Waals surface area (Å²) in [6.07, 6.45) is 18.4. The molecule has 1 nitrogen and oxygen atoms in total. The van der Waals surface area contributed by atoms with E-state index in [1.165, 1.54) is 97.8 Å². The van der Waals surface area contributed by atoms with E-state index in [0.29, 0.717) is 0 Å². The molecule has 0 spiro atoms. The predicted molar refractivity (Wildman–Crippen MR) is 170 cm³/mol. The fourth-order valence-electron chi connectivity index (χ4n) is 7.94. The summed E-state index contributed by atoms with van der Waals surface area (Å²) in [5.41, 5.74) is 8.69. The van der Waals surface area contributed by atoms with E-state index in [-0.39, 0.29) is 0 Å². The van der Waals surface area contributed by atoms with Gasteiger partial charge in [-0.3, -0.25) is 0 Å². The predicted octanol–water partition coefficient (Wildman–Crippen LogP) is 11.3. The first-order valence-corrected chi connectivity index (χ1v) is 16.9. The minimum absolute atomic E-state index is 0.756. The van der Waals surface area contributed by atoms with Crippen molar-refractivity contribution in [1.29, 1.82) is 0 Å². The normalized spacial score (nSPS) is 23.8. The lowest BCUT2D eigenvalue weighted by molar-refractivity contribution is 0.165. The first-order chi connectivity index (χ1) is 19.0. The highest BCUT2D eigenvalue weighted by molar-refractivity contribution is 5.73. The van der Waals surface area contributed by atoms with E-state index in [2.05, 4.69) is 71.9 Å². The lowest BCUT2D eigenvalue weighted by atomic mass is 9.68. The van der Waals surface area contributed by atoms with Gasteiger partial charge in [-0.2, -0.15) is 0 Å². The van der Waals surface area contributed by atoms with E-state index in [9.17, 15) is 0 Å². The zero-order valence-corrected chi connectivity index (χ0v) is 26.3. The zero-order valence-electron chi connectivity index (χ0n) is 26.3. The summed E-state index contributed by atoms with van der Waals surface area (Å²) in [5.74, 6) is 5.70. The van der Waals surface area contributed by atoms with Crippen LogP contribution in [0.1, 0.15) is 140 Å². The van der Waals surface area contributed by atoms with E-state index < -0.39 is 0 Å². The Bertz CT molecular complexity index is 998. The van der Waals surface area contributed by atoms with Crippen molar-refractivity contribution in [3.05, 3.63) is 52.6 Å². The first kappa shape index (κ1) is 30.2. The highest BCUT2D eigenvalue weighted by Crippen LogP contribution is 2.44. The Morgan fingerprint density at radius 3 is 1.85 bits per heavy atom. The summed E-state index contributed by atoms with van der Waals surface area (Å²) in [7, 11) is 0. The van der Waals surface area contributed by atoms with Crippen LogP contribution >= 0.6 is 0 Å². The van der Waals surface area contributed by atoms with Crippen LogP contribution in [0.15, 0.2) is 30.3 Å². The third-order valence-corrected chi connectivity index (χ3v) is 10.8. The van der Waals surface area contributed by atoms with Gasteiger partial charge < -0.3 is 4.74 Å². The molecule has 2 saturated carbocycles. The monoisotopic (exact) mass is 530 g/mol.